The minimum Gasteiger partial charge on any atom is -0.466 e. The van der Waals surface area contributed by atoms with Crippen LogP contribution >= 0.6 is 0 Å². The van der Waals surface area contributed by atoms with Gasteiger partial charge in [-0.25, -0.2) is 4.79 Å². The smallest absolute Gasteiger partial charge is 0.329 e. The van der Waals surface area contributed by atoms with Crippen LogP contribution in [0.25, 0.3) is 0 Å². The van der Waals surface area contributed by atoms with Gasteiger partial charge in [-0.15, -0.1) is 0 Å². The first-order valence-electron chi connectivity index (χ1n) is 11.0. The number of carbonyl (C=O) groups excluding carboxylic acids is 3. The molecular formula is C27H26N2O5. The van der Waals surface area contributed by atoms with Gasteiger partial charge in [0.15, 0.2) is 0 Å². The van der Waals surface area contributed by atoms with Crippen molar-refractivity contribution in [3.05, 3.63) is 95.6 Å². The molecule has 0 aliphatic carbocycles. The number of aryl methyl sites for hydroxylation is 1. The predicted molar refractivity (Wildman–Crippen MR) is 127 cm³/mol. The van der Waals surface area contributed by atoms with Crippen LogP contribution in [-0.4, -0.2) is 29.4 Å². The zero-order valence-electron chi connectivity index (χ0n) is 19.0. The predicted octanol–water partition coefficient (Wildman–Crippen LogP) is 3.56. The number of hydrogen-bond acceptors (Lipinski definition) is 5. The Morgan fingerprint density at radius 3 is 2.29 bits per heavy atom. The molecule has 0 saturated heterocycles. The summed E-state index contributed by atoms with van der Waals surface area (Å²) in [6.07, 6.45) is 0.202. The van der Waals surface area contributed by atoms with Gasteiger partial charge in [0.05, 0.1) is 5.69 Å². The lowest BCUT2D eigenvalue weighted by Gasteiger charge is -2.34. The zero-order chi connectivity index (χ0) is 24.1. The van der Waals surface area contributed by atoms with Gasteiger partial charge in [0.2, 0.25) is 0 Å². The lowest BCUT2D eigenvalue weighted by molar-refractivity contribution is -0.154. The Kier molecular flexibility index (Phi) is 6.63. The van der Waals surface area contributed by atoms with Crippen molar-refractivity contribution in [1.29, 1.82) is 0 Å². The van der Waals surface area contributed by atoms with Crippen LogP contribution in [0.2, 0.25) is 0 Å². The molecule has 4 rings (SSSR count). The van der Waals surface area contributed by atoms with Gasteiger partial charge in [0, 0.05) is 6.42 Å². The Labute approximate surface area is 198 Å². The van der Waals surface area contributed by atoms with Gasteiger partial charge in [-0.05, 0) is 36.6 Å². The topological polar surface area (TPSA) is 93.7 Å². The highest BCUT2D eigenvalue weighted by molar-refractivity contribution is 6.16. The van der Waals surface area contributed by atoms with E-state index in [1.54, 1.807) is 12.1 Å². The Bertz CT molecular complexity index is 1200. The minimum atomic E-state index is -1.85. The fourth-order valence-electron chi connectivity index (χ4n) is 3.70. The van der Waals surface area contributed by atoms with Crippen LogP contribution < -0.4 is 15.4 Å². The van der Waals surface area contributed by atoms with E-state index >= 15 is 0 Å². The van der Waals surface area contributed by atoms with Crippen molar-refractivity contribution in [2.45, 2.75) is 38.5 Å². The first kappa shape index (κ1) is 23.0. The Hall–Kier alpha value is -4.13. The van der Waals surface area contributed by atoms with E-state index in [0.717, 1.165) is 16.7 Å². The molecule has 2 N–H and O–H groups in total. The van der Waals surface area contributed by atoms with E-state index in [2.05, 4.69) is 10.6 Å². The molecular weight excluding hydrogens is 432 g/mol. The molecule has 0 fully saturated rings. The number of fused-ring (bicyclic) bond motifs is 1. The molecule has 1 aliphatic rings. The third-order valence-corrected chi connectivity index (χ3v) is 5.75. The minimum absolute atomic E-state index is 0.0712. The van der Waals surface area contributed by atoms with Crippen molar-refractivity contribution in [3.8, 4) is 5.75 Å². The summed E-state index contributed by atoms with van der Waals surface area (Å²) in [5.41, 5.74) is 1.16. The largest absolute Gasteiger partial charge is 0.466 e. The normalized spacial score (nSPS) is 17.5. The molecule has 174 valence electrons. The molecule has 0 aromatic heterocycles. The van der Waals surface area contributed by atoms with Gasteiger partial charge in [-0.1, -0.05) is 72.8 Å². The van der Waals surface area contributed by atoms with E-state index in [4.69, 9.17) is 9.47 Å². The number of benzene rings is 3. The molecule has 2 amide bonds. The summed E-state index contributed by atoms with van der Waals surface area (Å²) in [5, 5.41) is 5.45. The van der Waals surface area contributed by atoms with Crippen molar-refractivity contribution in [2.24, 2.45) is 0 Å². The Balaban J connectivity index is 1.53. The van der Waals surface area contributed by atoms with Crippen molar-refractivity contribution in [2.75, 3.05) is 5.32 Å². The molecule has 0 spiro atoms. The SMILES string of the molecule is Cc1cccc2c1NC(=O)[C@@](C)(C(=O)N[C@H](Cc1ccccc1)C(=O)OCc1ccccc1)O2. The maximum atomic E-state index is 13.3. The average molecular weight is 459 g/mol. The highest BCUT2D eigenvalue weighted by Crippen LogP contribution is 2.36. The lowest BCUT2D eigenvalue weighted by Crippen LogP contribution is -2.61. The highest BCUT2D eigenvalue weighted by atomic mass is 16.5. The van der Waals surface area contributed by atoms with Crippen molar-refractivity contribution in [3.63, 3.8) is 0 Å². The number of carbonyl (C=O) groups is 3. The number of para-hydroxylation sites is 1. The quantitative estimate of drug-likeness (QED) is 0.417. The number of rotatable bonds is 7. The fraction of sp³-hybridized carbons (Fsp3) is 0.222. The highest BCUT2D eigenvalue weighted by Gasteiger charge is 2.48. The summed E-state index contributed by atoms with van der Waals surface area (Å²) in [4.78, 5) is 39.2. The molecule has 1 aliphatic heterocycles. The lowest BCUT2D eigenvalue weighted by atomic mass is 9.99. The second-order valence-corrected chi connectivity index (χ2v) is 8.35. The van der Waals surface area contributed by atoms with Gasteiger partial charge < -0.3 is 20.1 Å². The first-order chi connectivity index (χ1) is 16.4. The molecule has 7 heteroatoms. The monoisotopic (exact) mass is 458 g/mol. The number of amides is 2. The van der Waals surface area contributed by atoms with E-state index in [9.17, 15) is 14.4 Å². The molecule has 0 unspecified atom stereocenters. The Morgan fingerprint density at radius 1 is 0.971 bits per heavy atom. The van der Waals surface area contributed by atoms with Crippen molar-refractivity contribution in [1.82, 2.24) is 5.32 Å². The molecule has 2 atom stereocenters. The van der Waals surface area contributed by atoms with Gasteiger partial charge >= 0.3 is 5.97 Å². The summed E-state index contributed by atoms with van der Waals surface area (Å²) >= 11 is 0. The van der Waals surface area contributed by atoms with Crippen LogP contribution in [0.3, 0.4) is 0 Å². The van der Waals surface area contributed by atoms with Crippen LogP contribution in [0.15, 0.2) is 78.9 Å². The number of ether oxygens (including phenoxy) is 2. The van der Waals surface area contributed by atoms with Crippen molar-refractivity contribution < 1.29 is 23.9 Å². The molecule has 0 saturated carbocycles. The van der Waals surface area contributed by atoms with Crippen LogP contribution in [0.5, 0.6) is 5.75 Å². The first-order valence-corrected chi connectivity index (χ1v) is 11.0. The number of hydrogen-bond donors (Lipinski definition) is 2. The summed E-state index contributed by atoms with van der Waals surface area (Å²) in [7, 11) is 0. The molecule has 7 nitrogen and oxygen atoms in total. The maximum Gasteiger partial charge on any atom is 0.329 e. The summed E-state index contributed by atoms with van der Waals surface area (Å²) < 4.78 is 11.3. The summed E-state index contributed by atoms with van der Waals surface area (Å²) in [5.74, 6) is -1.54. The van der Waals surface area contributed by atoms with Crippen LogP contribution in [0, 0.1) is 6.92 Å². The number of esters is 1. The van der Waals surface area contributed by atoms with Crippen molar-refractivity contribution >= 4 is 23.5 Å². The number of nitrogens with one attached hydrogen (secondary N) is 2. The van der Waals surface area contributed by atoms with E-state index in [1.165, 1.54) is 6.92 Å². The molecule has 3 aromatic carbocycles. The zero-order valence-corrected chi connectivity index (χ0v) is 19.0. The average Bonchev–Trinajstić information content (AvgIpc) is 2.84. The number of anilines is 1. The van der Waals surface area contributed by atoms with Gasteiger partial charge in [-0.2, -0.15) is 0 Å². The second-order valence-electron chi connectivity index (χ2n) is 8.35. The second kappa shape index (κ2) is 9.79. The van der Waals surface area contributed by atoms with E-state index < -0.39 is 29.4 Å². The van der Waals surface area contributed by atoms with E-state index in [-0.39, 0.29) is 13.0 Å². The van der Waals surface area contributed by atoms with Gasteiger partial charge in [-0.3, -0.25) is 9.59 Å². The molecule has 1 heterocycles. The third-order valence-electron chi connectivity index (χ3n) is 5.75. The fourth-order valence-corrected chi connectivity index (χ4v) is 3.70. The van der Waals surface area contributed by atoms with Crippen LogP contribution in [0.1, 0.15) is 23.6 Å². The van der Waals surface area contributed by atoms with Gasteiger partial charge in [0.25, 0.3) is 17.4 Å². The maximum absolute atomic E-state index is 13.3. The molecule has 34 heavy (non-hydrogen) atoms. The Morgan fingerprint density at radius 2 is 1.62 bits per heavy atom. The standard InChI is InChI=1S/C27H26N2O5/c1-18-10-9-15-22-23(18)29-26(32)27(2,34-22)25(31)28-21(16-19-11-5-3-6-12-19)24(30)33-17-20-13-7-4-8-14-20/h3-15,21H,16-17H2,1-2H3,(H,28,31)(H,29,32)/t21-,27-/m1/s1. The summed E-state index contributed by atoms with van der Waals surface area (Å²) in [6.45, 7) is 3.30. The molecule has 3 aromatic rings. The van der Waals surface area contributed by atoms with Gasteiger partial charge in [0.1, 0.15) is 18.4 Å². The van der Waals surface area contributed by atoms with Crippen LogP contribution in [0.4, 0.5) is 5.69 Å². The van der Waals surface area contributed by atoms with Crippen LogP contribution in [-0.2, 0) is 32.1 Å². The molecule has 0 bridgehead atoms. The van der Waals surface area contributed by atoms with E-state index in [0.29, 0.717) is 11.4 Å². The molecule has 0 radical (unpaired) electrons. The van der Waals surface area contributed by atoms with E-state index in [1.807, 2.05) is 73.7 Å². The third kappa shape index (κ3) is 4.93. The summed E-state index contributed by atoms with van der Waals surface area (Å²) in [6, 6.07) is 22.8.